The number of hydrogen-bond acceptors (Lipinski definition) is 4. The molecule has 0 aliphatic carbocycles. The van der Waals surface area contributed by atoms with Gasteiger partial charge in [0, 0.05) is 34.0 Å². The van der Waals surface area contributed by atoms with Crippen LogP contribution in [0.4, 0.5) is 4.79 Å². The van der Waals surface area contributed by atoms with Crippen LogP contribution in [0.3, 0.4) is 0 Å². The summed E-state index contributed by atoms with van der Waals surface area (Å²) in [5.74, 6) is -0.616. The van der Waals surface area contributed by atoms with Gasteiger partial charge in [0.25, 0.3) is 0 Å². The van der Waals surface area contributed by atoms with E-state index in [9.17, 15) is 14.4 Å². The average Bonchev–Trinajstić information content (AvgIpc) is 2.88. The third kappa shape index (κ3) is 7.32. The summed E-state index contributed by atoms with van der Waals surface area (Å²) in [6.07, 6.45) is 0.0246. The molecule has 0 aliphatic rings. The number of hydrogen-bond donors (Lipinski definition) is 1. The lowest BCUT2D eigenvalue weighted by Crippen LogP contribution is -2.56. The molecule has 2 atom stereocenters. The van der Waals surface area contributed by atoms with Gasteiger partial charge in [0.15, 0.2) is 0 Å². The molecule has 7 heteroatoms. The van der Waals surface area contributed by atoms with Crippen molar-refractivity contribution >= 4 is 28.7 Å². The van der Waals surface area contributed by atoms with E-state index in [2.05, 4.69) is 5.32 Å². The summed E-state index contributed by atoms with van der Waals surface area (Å²) >= 11 is 0. The Bertz CT molecular complexity index is 1240. The van der Waals surface area contributed by atoms with Crippen molar-refractivity contribution in [1.29, 1.82) is 0 Å². The Morgan fingerprint density at radius 3 is 2.00 bits per heavy atom. The minimum atomic E-state index is -0.871. The molecule has 0 spiro atoms. The van der Waals surface area contributed by atoms with Crippen LogP contribution in [0.2, 0.25) is 0 Å². The zero-order valence-corrected chi connectivity index (χ0v) is 22.5. The van der Waals surface area contributed by atoms with Crippen molar-refractivity contribution in [3.8, 4) is 0 Å². The van der Waals surface area contributed by atoms with E-state index in [1.165, 1.54) is 9.80 Å². The van der Waals surface area contributed by atoms with Gasteiger partial charge in [-0.2, -0.15) is 0 Å². The standard InChI is InChI=1S/C30H37N3O4/c1-30(2,3)37-29(36)33(6)26(20-22-16-17-23-14-10-11-15-24(23)18-22)28(35)32(5)25(27(34)31-4)19-21-12-8-7-9-13-21/h7-18,25-26H,19-20H2,1-6H3,(H,31,34)/t25-,26?/m1/s1. The molecule has 37 heavy (non-hydrogen) atoms. The fourth-order valence-corrected chi connectivity index (χ4v) is 4.24. The molecule has 1 N–H and O–H groups in total. The molecule has 0 bridgehead atoms. The molecule has 0 radical (unpaired) electrons. The number of benzene rings is 3. The highest BCUT2D eigenvalue weighted by atomic mass is 16.6. The molecule has 0 fully saturated rings. The summed E-state index contributed by atoms with van der Waals surface area (Å²) in [7, 11) is 4.73. The Balaban J connectivity index is 1.94. The number of nitrogens with one attached hydrogen (secondary N) is 1. The van der Waals surface area contributed by atoms with Gasteiger partial charge >= 0.3 is 6.09 Å². The lowest BCUT2D eigenvalue weighted by atomic mass is 9.98. The van der Waals surface area contributed by atoms with Crippen molar-refractivity contribution in [2.24, 2.45) is 0 Å². The van der Waals surface area contributed by atoms with E-state index in [1.807, 2.05) is 72.8 Å². The molecule has 3 aromatic carbocycles. The maximum absolute atomic E-state index is 14.0. The molecule has 3 aromatic rings. The van der Waals surface area contributed by atoms with Gasteiger partial charge in [-0.15, -0.1) is 0 Å². The van der Waals surface area contributed by atoms with Crippen LogP contribution in [0.5, 0.6) is 0 Å². The van der Waals surface area contributed by atoms with Crippen molar-refractivity contribution in [1.82, 2.24) is 15.1 Å². The van der Waals surface area contributed by atoms with Crippen LogP contribution in [0.15, 0.2) is 72.8 Å². The maximum Gasteiger partial charge on any atom is 0.410 e. The van der Waals surface area contributed by atoms with Gasteiger partial charge in [-0.3, -0.25) is 14.5 Å². The van der Waals surface area contributed by atoms with Crippen molar-refractivity contribution < 1.29 is 19.1 Å². The van der Waals surface area contributed by atoms with Crippen LogP contribution in [-0.4, -0.2) is 66.5 Å². The Hall–Kier alpha value is -3.87. The van der Waals surface area contributed by atoms with Crippen molar-refractivity contribution in [3.05, 3.63) is 83.9 Å². The largest absolute Gasteiger partial charge is 0.444 e. The van der Waals surface area contributed by atoms with Crippen LogP contribution in [0, 0.1) is 0 Å². The van der Waals surface area contributed by atoms with E-state index in [0.717, 1.165) is 21.9 Å². The lowest BCUT2D eigenvalue weighted by Gasteiger charge is -2.35. The molecule has 3 amide bonds. The van der Waals surface area contributed by atoms with Gasteiger partial charge in [-0.05, 0) is 42.7 Å². The minimum Gasteiger partial charge on any atom is -0.444 e. The molecular formula is C30H37N3O4. The zero-order valence-electron chi connectivity index (χ0n) is 22.5. The van der Waals surface area contributed by atoms with Crippen LogP contribution in [-0.2, 0) is 27.2 Å². The first kappa shape index (κ1) is 27.7. The smallest absolute Gasteiger partial charge is 0.410 e. The first-order valence-corrected chi connectivity index (χ1v) is 12.5. The average molecular weight is 504 g/mol. The zero-order chi connectivity index (χ0) is 27.2. The molecule has 1 unspecified atom stereocenters. The monoisotopic (exact) mass is 503 g/mol. The second-order valence-corrected chi connectivity index (χ2v) is 10.3. The SMILES string of the molecule is CNC(=O)[C@@H](Cc1ccccc1)N(C)C(=O)C(Cc1ccc2ccccc2c1)N(C)C(=O)OC(C)(C)C. The minimum absolute atomic E-state index is 0.273. The molecule has 0 heterocycles. The summed E-state index contributed by atoms with van der Waals surface area (Å²) in [6, 6.07) is 21.9. The van der Waals surface area contributed by atoms with Gasteiger partial charge < -0.3 is 15.0 Å². The van der Waals surface area contributed by atoms with E-state index < -0.39 is 23.8 Å². The Kier molecular flexibility index (Phi) is 8.92. The molecule has 0 saturated carbocycles. The van der Waals surface area contributed by atoms with Gasteiger partial charge in [0.2, 0.25) is 11.8 Å². The fraction of sp³-hybridized carbons (Fsp3) is 0.367. The number of fused-ring (bicyclic) bond motifs is 1. The molecule has 0 saturated heterocycles. The van der Waals surface area contributed by atoms with E-state index in [-0.39, 0.29) is 18.2 Å². The highest BCUT2D eigenvalue weighted by Crippen LogP contribution is 2.21. The molecular weight excluding hydrogens is 466 g/mol. The Morgan fingerprint density at radius 1 is 0.784 bits per heavy atom. The summed E-state index contributed by atoms with van der Waals surface area (Å²) in [5, 5.41) is 4.81. The third-order valence-corrected chi connectivity index (χ3v) is 6.31. The molecule has 3 rings (SSSR count). The Morgan fingerprint density at radius 2 is 1.38 bits per heavy atom. The number of ether oxygens (including phenoxy) is 1. The topological polar surface area (TPSA) is 79.0 Å². The molecule has 0 aliphatic heterocycles. The van der Waals surface area contributed by atoms with E-state index >= 15 is 0 Å². The first-order chi connectivity index (χ1) is 17.5. The lowest BCUT2D eigenvalue weighted by molar-refractivity contribution is -0.142. The van der Waals surface area contributed by atoms with Crippen LogP contribution >= 0.6 is 0 Å². The van der Waals surface area contributed by atoms with Gasteiger partial charge in [0.05, 0.1) is 0 Å². The fourth-order valence-electron chi connectivity index (χ4n) is 4.24. The van der Waals surface area contributed by atoms with Crippen LogP contribution < -0.4 is 5.32 Å². The first-order valence-electron chi connectivity index (χ1n) is 12.5. The van der Waals surface area contributed by atoms with Crippen LogP contribution in [0.25, 0.3) is 10.8 Å². The highest BCUT2D eigenvalue weighted by Gasteiger charge is 2.36. The summed E-state index contributed by atoms with van der Waals surface area (Å²) in [5.41, 5.74) is 1.12. The number of likely N-dealkylation sites (N-methyl/N-ethyl adjacent to an activating group) is 3. The Labute approximate surface area is 219 Å². The second kappa shape index (κ2) is 11.9. The molecule has 7 nitrogen and oxygen atoms in total. The predicted octanol–water partition coefficient (Wildman–Crippen LogP) is 4.43. The number of carbonyl (C=O) groups is 3. The normalized spacial score (nSPS) is 12.9. The highest BCUT2D eigenvalue weighted by molar-refractivity contribution is 5.91. The summed E-state index contributed by atoms with van der Waals surface area (Å²) in [4.78, 5) is 42.7. The van der Waals surface area contributed by atoms with Crippen molar-refractivity contribution in [3.63, 3.8) is 0 Å². The van der Waals surface area contributed by atoms with E-state index in [1.54, 1.807) is 41.9 Å². The van der Waals surface area contributed by atoms with E-state index in [0.29, 0.717) is 6.42 Å². The number of amides is 3. The number of nitrogens with zero attached hydrogens (tertiary/aromatic N) is 2. The maximum atomic E-state index is 14.0. The predicted molar refractivity (Wildman–Crippen MR) is 146 cm³/mol. The molecule has 0 aromatic heterocycles. The van der Waals surface area contributed by atoms with Crippen molar-refractivity contribution in [2.45, 2.75) is 51.3 Å². The van der Waals surface area contributed by atoms with Gasteiger partial charge in [-0.25, -0.2) is 4.79 Å². The van der Waals surface area contributed by atoms with Gasteiger partial charge in [0.1, 0.15) is 17.7 Å². The third-order valence-electron chi connectivity index (χ3n) is 6.31. The number of rotatable bonds is 8. The second-order valence-electron chi connectivity index (χ2n) is 10.3. The van der Waals surface area contributed by atoms with E-state index in [4.69, 9.17) is 4.74 Å². The summed E-state index contributed by atoms with van der Waals surface area (Å²) in [6.45, 7) is 5.35. The van der Waals surface area contributed by atoms with Crippen molar-refractivity contribution in [2.75, 3.05) is 21.1 Å². The quantitative estimate of drug-likeness (QED) is 0.493. The number of carbonyl (C=O) groups excluding carboxylic acids is 3. The summed E-state index contributed by atoms with van der Waals surface area (Å²) < 4.78 is 5.58. The van der Waals surface area contributed by atoms with Gasteiger partial charge in [-0.1, -0.05) is 72.8 Å². The molecule has 196 valence electrons. The van der Waals surface area contributed by atoms with Crippen LogP contribution in [0.1, 0.15) is 31.9 Å².